The van der Waals surface area contributed by atoms with E-state index >= 15 is 0 Å². The van der Waals surface area contributed by atoms with E-state index in [1.54, 1.807) is 4.90 Å². The molecule has 1 aromatic rings. The number of nitrogens with one attached hydrogen (secondary N) is 1. The number of carbonyl (C=O) groups excluding carboxylic acids is 2. The van der Waals surface area contributed by atoms with Crippen LogP contribution in [-0.2, 0) is 16.1 Å². The number of hydrogen-bond acceptors (Lipinski definition) is 5. The van der Waals surface area contributed by atoms with Gasteiger partial charge in [-0.2, -0.15) is 0 Å². The Kier molecular flexibility index (Phi) is 5.53. The number of carbonyl (C=O) groups is 2. The second-order valence-corrected chi connectivity index (χ2v) is 6.87. The molecule has 0 saturated carbocycles. The van der Waals surface area contributed by atoms with Gasteiger partial charge in [0.05, 0.1) is 5.92 Å². The Morgan fingerprint density at radius 2 is 2.04 bits per heavy atom. The van der Waals surface area contributed by atoms with E-state index in [0.29, 0.717) is 26.1 Å². The third-order valence-electron chi connectivity index (χ3n) is 5.07. The molecule has 0 aromatic carbocycles. The topological polar surface area (TPSA) is 68.8 Å². The summed E-state index contributed by atoms with van der Waals surface area (Å²) in [7, 11) is 2.13. The number of aromatic nitrogens is 1. The van der Waals surface area contributed by atoms with E-state index in [4.69, 9.17) is 0 Å². The van der Waals surface area contributed by atoms with Crippen LogP contribution in [0.1, 0.15) is 18.9 Å². The monoisotopic (exact) mass is 345 g/mol. The average molecular weight is 345 g/mol. The quantitative estimate of drug-likeness (QED) is 0.832. The van der Waals surface area contributed by atoms with E-state index in [9.17, 15) is 9.59 Å². The largest absolute Gasteiger partial charge is 0.354 e. The summed E-state index contributed by atoms with van der Waals surface area (Å²) in [6, 6.07) is 4.03. The first-order chi connectivity index (χ1) is 12.1. The zero-order chi connectivity index (χ0) is 17.8. The molecule has 3 rings (SSSR count). The Morgan fingerprint density at radius 1 is 1.28 bits per heavy atom. The molecule has 1 aromatic heterocycles. The number of anilines is 1. The molecule has 7 nitrogen and oxygen atoms in total. The molecule has 1 N–H and O–H groups in total. The van der Waals surface area contributed by atoms with Crippen LogP contribution in [0.15, 0.2) is 18.3 Å². The summed E-state index contributed by atoms with van der Waals surface area (Å²) < 4.78 is 0. The highest BCUT2D eigenvalue weighted by molar-refractivity contribution is 5.89. The molecule has 2 aliphatic rings. The molecule has 2 saturated heterocycles. The van der Waals surface area contributed by atoms with Gasteiger partial charge in [0.1, 0.15) is 5.82 Å². The molecular weight excluding hydrogens is 318 g/mol. The van der Waals surface area contributed by atoms with Crippen LogP contribution in [0.25, 0.3) is 0 Å². The highest BCUT2D eigenvalue weighted by atomic mass is 16.2. The number of pyridine rings is 1. The lowest BCUT2D eigenvalue weighted by molar-refractivity contribution is -0.128. The van der Waals surface area contributed by atoms with Gasteiger partial charge in [-0.25, -0.2) is 4.98 Å². The first-order valence-corrected chi connectivity index (χ1v) is 9.00. The summed E-state index contributed by atoms with van der Waals surface area (Å²) in [5.41, 5.74) is 0.975. The van der Waals surface area contributed by atoms with E-state index in [1.165, 1.54) is 0 Å². The number of likely N-dealkylation sites (N-methyl/N-ethyl adjacent to an activating group) is 1. The van der Waals surface area contributed by atoms with Gasteiger partial charge in [-0.05, 0) is 25.6 Å². The molecule has 0 radical (unpaired) electrons. The van der Waals surface area contributed by atoms with Crippen LogP contribution in [0, 0.1) is 5.92 Å². The van der Waals surface area contributed by atoms with Crippen molar-refractivity contribution in [2.45, 2.75) is 19.9 Å². The SMILES string of the molecule is CCN1C[C@H](C(=O)NCc2ccc(N3CCN(C)CC3)nc2)CC1=O. The van der Waals surface area contributed by atoms with Crippen molar-refractivity contribution in [1.82, 2.24) is 20.1 Å². The van der Waals surface area contributed by atoms with Crippen molar-refractivity contribution in [3.8, 4) is 0 Å². The maximum atomic E-state index is 12.2. The van der Waals surface area contributed by atoms with Gasteiger partial charge in [0.15, 0.2) is 0 Å². The van der Waals surface area contributed by atoms with Crippen molar-refractivity contribution < 1.29 is 9.59 Å². The first kappa shape index (κ1) is 17.7. The standard InChI is InChI=1S/C18H27N5O2/c1-3-22-13-15(10-17(22)24)18(25)20-12-14-4-5-16(19-11-14)23-8-6-21(2)7-9-23/h4-5,11,15H,3,6-10,12-13H2,1-2H3,(H,20,25)/t15-/m1/s1. The normalized spacial score (nSPS) is 21.7. The van der Waals surface area contributed by atoms with Gasteiger partial charge in [0.2, 0.25) is 11.8 Å². The number of likely N-dealkylation sites (tertiary alicyclic amines) is 1. The molecule has 2 fully saturated rings. The van der Waals surface area contributed by atoms with Gasteiger partial charge in [0.25, 0.3) is 0 Å². The van der Waals surface area contributed by atoms with Crippen molar-refractivity contribution in [2.75, 3.05) is 51.2 Å². The van der Waals surface area contributed by atoms with Crippen molar-refractivity contribution in [1.29, 1.82) is 0 Å². The summed E-state index contributed by atoms with van der Waals surface area (Å²) >= 11 is 0. The fraction of sp³-hybridized carbons (Fsp3) is 0.611. The molecule has 25 heavy (non-hydrogen) atoms. The van der Waals surface area contributed by atoms with Crippen molar-refractivity contribution in [2.24, 2.45) is 5.92 Å². The summed E-state index contributed by atoms with van der Waals surface area (Å²) in [4.78, 5) is 34.8. The lowest BCUT2D eigenvalue weighted by Gasteiger charge is -2.33. The van der Waals surface area contributed by atoms with Crippen LogP contribution < -0.4 is 10.2 Å². The summed E-state index contributed by atoms with van der Waals surface area (Å²) in [6.45, 7) is 7.66. The maximum Gasteiger partial charge on any atom is 0.225 e. The van der Waals surface area contributed by atoms with Gasteiger partial charge in [-0.1, -0.05) is 6.07 Å². The Morgan fingerprint density at radius 3 is 2.64 bits per heavy atom. The molecule has 2 aliphatic heterocycles. The predicted molar refractivity (Wildman–Crippen MR) is 96.2 cm³/mol. The van der Waals surface area contributed by atoms with Gasteiger partial charge in [-0.15, -0.1) is 0 Å². The fourth-order valence-corrected chi connectivity index (χ4v) is 3.33. The van der Waals surface area contributed by atoms with Gasteiger partial charge in [0, 0.05) is 58.4 Å². The minimum Gasteiger partial charge on any atom is -0.354 e. The minimum atomic E-state index is -0.231. The second-order valence-electron chi connectivity index (χ2n) is 6.87. The van der Waals surface area contributed by atoms with Crippen molar-refractivity contribution in [3.63, 3.8) is 0 Å². The molecule has 1 atom stereocenters. The Hall–Kier alpha value is -2.15. The Bertz CT molecular complexity index is 610. The van der Waals surface area contributed by atoms with E-state index in [-0.39, 0.29) is 17.7 Å². The van der Waals surface area contributed by atoms with Crippen LogP contribution in [0.2, 0.25) is 0 Å². The smallest absolute Gasteiger partial charge is 0.225 e. The maximum absolute atomic E-state index is 12.2. The van der Waals surface area contributed by atoms with Gasteiger partial charge < -0.3 is 20.0 Å². The van der Waals surface area contributed by atoms with E-state index in [2.05, 4.69) is 27.1 Å². The summed E-state index contributed by atoms with van der Waals surface area (Å²) in [6.07, 6.45) is 2.15. The zero-order valence-corrected chi connectivity index (χ0v) is 15.1. The van der Waals surface area contributed by atoms with E-state index in [0.717, 1.165) is 37.6 Å². The lowest BCUT2D eigenvalue weighted by atomic mass is 10.1. The van der Waals surface area contributed by atoms with E-state index in [1.807, 2.05) is 25.3 Å². The number of rotatable bonds is 5. The molecule has 0 aliphatic carbocycles. The zero-order valence-electron chi connectivity index (χ0n) is 15.1. The third kappa shape index (κ3) is 4.28. The first-order valence-electron chi connectivity index (χ1n) is 9.00. The van der Waals surface area contributed by atoms with E-state index < -0.39 is 0 Å². The third-order valence-corrected chi connectivity index (χ3v) is 5.07. The van der Waals surface area contributed by atoms with Crippen LogP contribution in [-0.4, -0.2) is 72.9 Å². The number of amides is 2. The molecule has 0 spiro atoms. The number of nitrogens with zero attached hydrogens (tertiary/aromatic N) is 4. The van der Waals surface area contributed by atoms with Crippen molar-refractivity contribution in [3.05, 3.63) is 23.9 Å². The molecule has 7 heteroatoms. The molecule has 0 bridgehead atoms. The average Bonchev–Trinajstić information content (AvgIpc) is 3.02. The Labute approximate surface area is 149 Å². The van der Waals surface area contributed by atoms with Crippen molar-refractivity contribution >= 4 is 17.6 Å². The van der Waals surface area contributed by atoms with Crippen LogP contribution in [0.3, 0.4) is 0 Å². The minimum absolute atomic E-state index is 0.0487. The highest BCUT2D eigenvalue weighted by Crippen LogP contribution is 2.18. The second kappa shape index (κ2) is 7.82. The summed E-state index contributed by atoms with van der Waals surface area (Å²) in [5.74, 6) is 0.779. The predicted octanol–water partition coefficient (Wildman–Crippen LogP) is 0.318. The van der Waals surface area contributed by atoms with Crippen LogP contribution >= 0.6 is 0 Å². The fourth-order valence-electron chi connectivity index (χ4n) is 3.33. The Balaban J connectivity index is 1.49. The lowest BCUT2D eigenvalue weighted by Crippen LogP contribution is -2.44. The molecule has 136 valence electrons. The molecular formula is C18H27N5O2. The number of hydrogen-bond donors (Lipinski definition) is 1. The molecule has 2 amide bonds. The summed E-state index contributed by atoms with van der Waals surface area (Å²) in [5, 5.41) is 2.93. The van der Waals surface area contributed by atoms with Crippen LogP contribution in [0.5, 0.6) is 0 Å². The van der Waals surface area contributed by atoms with Gasteiger partial charge in [-0.3, -0.25) is 9.59 Å². The number of piperazine rings is 1. The van der Waals surface area contributed by atoms with Crippen LogP contribution in [0.4, 0.5) is 5.82 Å². The molecule has 0 unspecified atom stereocenters. The molecule has 3 heterocycles. The van der Waals surface area contributed by atoms with Gasteiger partial charge >= 0.3 is 0 Å². The highest BCUT2D eigenvalue weighted by Gasteiger charge is 2.33.